The Hall–Kier alpha value is -1.49. The zero-order valence-corrected chi connectivity index (χ0v) is 8.81. The molecule has 0 aliphatic carbocycles. The largest absolute Gasteiger partial charge is 0.350 e. The van der Waals surface area contributed by atoms with E-state index in [0.29, 0.717) is 19.4 Å². The standard InChI is InChI=1S/C10H16N4O/c1-8(11)2-3-10(15)13-6-9-4-5-12-7-14-9/h4-5,7-8H,2-3,6,11H2,1H3,(H,13,15). The number of carbonyl (C=O) groups excluding carboxylic acids is 1. The van der Waals surface area contributed by atoms with Crippen LogP contribution in [0, 0.1) is 0 Å². The lowest BCUT2D eigenvalue weighted by Gasteiger charge is -2.06. The molecular formula is C10H16N4O. The minimum Gasteiger partial charge on any atom is -0.350 e. The van der Waals surface area contributed by atoms with Crippen LogP contribution in [-0.4, -0.2) is 21.9 Å². The van der Waals surface area contributed by atoms with Crippen LogP contribution in [0.4, 0.5) is 0 Å². The molecule has 0 aliphatic rings. The lowest BCUT2D eigenvalue weighted by Crippen LogP contribution is -2.25. The molecule has 1 aromatic rings. The minimum atomic E-state index is 0.00547. The van der Waals surface area contributed by atoms with Gasteiger partial charge in [0, 0.05) is 18.7 Å². The van der Waals surface area contributed by atoms with Crippen LogP contribution in [0.15, 0.2) is 18.6 Å². The van der Waals surface area contributed by atoms with Crippen molar-refractivity contribution in [3.63, 3.8) is 0 Å². The molecule has 5 nitrogen and oxygen atoms in total. The molecule has 1 atom stereocenters. The lowest BCUT2D eigenvalue weighted by atomic mass is 10.2. The maximum absolute atomic E-state index is 11.3. The molecule has 0 saturated carbocycles. The van der Waals surface area contributed by atoms with Gasteiger partial charge in [-0.1, -0.05) is 0 Å². The highest BCUT2D eigenvalue weighted by Gasteiger charge is 2.03. The third-order valence-corrected chi connectivity index (χ3v) is 1.94. The summed E-state index contributed by atoms with van der Waals surface area (Å²) in [5.74, 6) is 0.00547. The van der Waals surface area contributed by atoms with E-state index in [2.05, 4.69) is 15.3 Å². The first-order chi connectivity index (χ1) is 7.18. The van der Waals surface area contributed by atoms with Gasteiger partial charge in [-0.2, -0.15) is 0 Å². The molecule has 15 heavy (non-hydrogen) atoms. The van der Waals surface area contributed by atoms with E-state index in [0.717, 1.165) is 5.69 Å². The maximum Gasteiger partial charge on any atom is 0.220 e. The first kappa shape index (κ1) is 11.6. The van der Waals surface area contributed by atoms with Gasteiger partial charge in [-0.3, -0.25) is 4.79 Å². The molecule has 0 spiro atoms. The highest BCUT2D eigenvalue weighted by atomic mass is 16.1. The average molecular weight is 208 g/mol. The second-order valence-electron chi connectivity index (χ2n) is 3.49. The smallest absolute Gasteiger partial charge is 0.220 e. The van der Waals surface area contributed by atoms with E-state index in [1.165, 1.54) is 6.33 Å². The number of nitrogens with two attached hydrogens (primary N) is 1. The monoisotopic (exact) mass is 208 g/mol. The van der Waals surface area contributed by atoms with Gasteiger partial charge in [0.1, 0.15) is 6.33 Å². The third kappa shape index (κ3) is 5.07. The highest BCUT2D eigenvalue weighted by molar-refractivity contribution is 5.75. The van der Waals surface area contributed by atoms with Crippen molar-refractivity contribution in [1.29, 1.82) is 0 Å². The van der Waals surface area contributed by atoms with Crippen LogP contribution < -0.4 is 11.1 Å². The van der Waals surface area contributed by atoms with Crippen LogP contribution in [0.1, 0.15) is 25.5 Å². The first-order valence-corrected chi connectivity index (χ1v) is 4.95. The predicted octanol–water partition coefficient (Wildman–Crippen LogP) is 0.220. The molecule has 82 valence electrons. The van der Waals surface area contributed by atoms with Gasteiger partial charge in [-0.05, 0) is 19.4 Å². The second kappa shape index (κ2) is 6.08. The molecule has 1 aromatic heterocycles. The third-order valence-electron chi connectivity index (χ3n) is 1.94. The predicted molar refractivity (Wildman–Crippen MR) is 56.8 cm³/mol. The second-order valence-corrected chi connectivity index (χ2v) is 3.49. The summed E-state index contributed by atoms with van der Waals surface area (Å²) in [6, 6.07) is 1.83. The van der Waals surface area contributed by atoms with E-state index in [-0.39, 0.29) is 11.9 Å². The fourth-order valence-electron chi connectivity index (χ4n) is 1.06. The molecule has 0 bridgehead atoms. The van der Waals surface area contributed by atoms with Gasteiger partial charge in [0.25, 0.3) is 0 Å². The van der Waals surface area contributed by atoms with E-state index >= 15 is 0 Å². The summed E-state index contributed by atoms with van der Waals surface area (Å²) in [5, 5.41) is 2.77. The van der Waals surface area contributed by atoms with Gasteiger partial charge in [0.15, 0.2) is 0 Å². The summed E-state index contributed by atoms with van der Waals surface area (Å²) in [6.45, 7) is 2.33. The van der Waals surface area contributed by atoms with Crippen molar-refractivity contribution in [3.05, 3.63) is 24.3 Å². The molecule has 1 amide bonds. The van der Waals surface area contributed by atoms with Gasteiger partial charge in [-0.25, -0.2) is 9.97 Å². The van der Waals surface area contributed by atoms with E-state index in [1.54, 1.807) is 12.3 Å². The Bertz CT molecular complexity index is 300. The summed E-state index contributed by atoms with van der Waals surface area (Å²) >= 11 is 0. The average Bonchev–Trinajstić information content (AvgIpc) is 2.25. The number of aromatic nitrogens is 2. The molecule has 5 heteroatoms. The SMILES string of the molecule is CC(N)CCC(=O)NCc1ccncn1. The molecule has 0 radical (unpaired) electrons. The zero-order valence-electron chi connectivity index (χ0n) is 8.81. The molecule has 0 fully saturated rings. The normalized spacial score (nSPS) is 12.1. The van der Waals surface area contributed by atoms with Crippen LogP contribution in [0.5, 0.6) is 0 Å². The van der Waals surface area contributed by atoms with Crippen molar-refractivity contribution >= 4 is 5.91 Å². The number of rotatable bonds is 5. The first-order valence-electron chi connectivity index (χ1n) is 4.95. The minimum absolute atomic E-state index is 0.00547. The van der Waals surface area contributed by atoms with Crippen molar-refractivity contribution < 1.29 is 4.79 Å². The number of hydrogen-bond acceptors (Lipinski definition) is 4. The van der Waals surface area contributed by atoms with Crippen molar-refractivity contribution in [2.75, 3.05) is 0 Å². The molecule has 0 aromatic carbocycles. The van der Waals surface area contributed by atoms with Crippen LogP contribution in [0.3, 0.4) is 0 Å². The summed E-state index contributed by atoms with van der Waals surface area (Å²) < 4.78 is 0. The Labute approximate surface area is 89.1 Å². The van der Waals surface area contributed by atoms with Gasteiger partial charge in [0.2, 0.25) is 5.91 Å². The number of nitrogens with zero attached hydrogens (tertiary/aromatic N) is 2. The van der Waals surface area contributed by atoms with Gasteiger partial charge < -0.3 is 11.1 Å². The van der Waals surface area contributed by atoms with Crippen LogP contribution in [0.25, 0.3) is 0 Å². The van der Waals surface area contributed by atoms with Crippen molar-refractivity contribution in [1.82, 2.24) is 15.3 Å². The molecule has 3 N–H and O–H groups in total. The number of amides is 1. The number of hydrogen-bond donors (Lipinski definition) is 2. The topological polar surface area (TPSA) is 80.9 Å². The van der Waals surface area contributed by atoms with E-state index < -0.39 is 0 Å². The summed E-state index contributed by atoms with van der Waals surface area (Å²) in [4.78, 5) is 19.1. The fourth-order valence-corrected chi connectivity index (χ4v) is 1.06. The van der Waals surface area contributed by atoms with Crippen molar-refractivity contribution in [2.24, 2.45) is 5.73 Å². The summed E-state index contributed by atoms with van der Waals surface area (Å²) in [7, 11) is 0. The fraction of sp³-hybridized carbons (Fsp3) is 0.500. The maximum atomic E-state index is 11.3. The van der Waals surface area contributed by atoms with E-state index in [4.69, 9.17) is 5.73 Å². The molecule has 0 aliphatic heterocycles. The molecule has 1 heterocycles. The Balaban J connectivity index is 2.23. The molecule has 1 rings (SSSR count). The van der Waals surface area contributed by atoms with Gasteiger partial charge >= 0.3 is 0 Å². The van der Waals surface area contributed by atoms with E-state index in [9.17, 15) is 4.79 Å². The van der Waals surface area contributed by atoms with E-state index in [1.807, 2.05) is 6.92 Å². The van der Waals surface area contributed by atoms with Gasteiger partial charge in [0.05, 0.1) is 12.2 Å². The van der Waals surface area contributed by atoms with Gasteiger partial charge in [-0.15, -0.1) is 0 Å². The van der Waals surface area contributed by atoms with Crippen LogP contribution in [0.2, 0.25) is 0 Å². The quantitative estimate of drug-likeness (QED) is 0.725. The molecular weight excluding hydrogens is 192 g/mol. The lowest BCUT2D eigenvalue weighted by molar-refractivity contribution is -0.121. The van der Waals surface area contributed by atoms with Crippen LogP contribution in [-0.2, 0) is 11.3 Å². The van der Waals surface area contributed by atoms with Crippen molar-refractivity contribution in [3.8, 4) is 0 Å². The van der Waals surface area contributed by atoms with Crippen LogP contribution >= 0.6 is 0 Å². The number of nitrogens with one attached hydrogen (secondary N) is 1. The Morgan fingerprint density at radius 3 is 3.07 bits per heavy atom. The van der Waals surface area contributed by atoms with Crippen molar-refractivity contribution in [2.45, 2.75) is 32.4 Å². The Morgan fingerprint density at radius 1 is 1.67 bits per heavy atom. The summed E-state index contributed by atoms with van der Waals surface area (Å²) in [5.41, 5.74) is 6.35. The highest BCUT2D eigenvalue weighted by Crippen LogP contribution is 1.95. The summed E-state index contributed by atoms with van der Waals surface area (Å²) in [6.07, 6.45) is 4.28. The Morgan fingerprint density at radius 2 is 2.47 bits per heavy atom. The molecule has 0 saturated heterocycles. The molecule has 1 unspecified atom stereocenters. The zero-order chi connectivity index (χ0) is 11.1. The Kier molecular flexibility index (Phi) is 4.70. The number of carbonyl (C=O) groups is 1.